The summed E-state index contributed by atoms with van der Waals surface area (Å²) < 4.78 is 4.62. The molecule has 2 aromatic heterocycles. The number of carbonyl (C=O) groups is 2. The third kappa shape index (κ3) is 4.74. The van der Waals surface area contributed by atoms with Crippen LogP contribution >= 0.6 is 11.3 Å². The molecule has 1 aliphatic heterocycles. The van der Waals surface area contributed by atoms with Gasteiger partial charge in [-0.1, -0.05) is 6.92 Å². The first-order chi connectivity index (χ1) is 13.1. The standard InChI is InChI=1S/C19H26N4O3S/c1-3-14-12-15-18(20-13-21-19(15)27-14)23-10-8-22(9-11-23)16(24)6-4-5-7-17(25)26-2/h12-13H,3-11H2,1-2H3. The number of hydrogen-bond donors (Lipinski definition) is 0. The van der Waals surface area contributed by atoms with E-state index in [1.807, 2.05) is 4.90 Å². The lowest BCUT2D eigenvalue weighted by Gasteiger charge is -2.35. The van der Waals surface area contributed by atoms with Gasteiger partial charge in [-0.3, -0.25) is 9.59 Å². The predicted octanol–water partition coefficient (Wildman–Crippen LogP) is 2.64. The van der Waals surface area contributed by atoms with E-state index in [9.17, 15) is 9.59 Å². The molecule has 7 nitrogen and oxygen atoms in total. The molecule has 3 rings (SSSR count). The average Bonchev–Trinajstić information content (AvgIpc) is 3.14. The Labute approximate surface area is 163 Å². The van der Waals surface area contributed by atoms with Crippen molar-refractivity contribution in [1.29, 1.82) is 0 Å². The van der Waals surface area contributed by atoms with Crippen molar-refractivity contribution < 1.29 is 14.3 Å². The fourth-order valence-corrected chi connectivity index (χ4v) is 4.22. The number of rotatable bonds is 7. The summed E-state index contributed by atoms with van der Waals surface area (Å²) in [5, 5.41) is 1.11. The zero-order valence-corrected chi connectivity index (χ0v) is 16.8. The minimum Gasteiger partial charge on any atom is -0.469 e. The Morgan fingerprint density at radius 1 is 1.15 bits per heavy atom. The van der Waals surface area contributed by atoms with Crippen molar-refractivity contribution in [2.24, 2.45) is 0 Å². The van der Waals surface area contributed by atoms with Crippen molar-refractivity contribution in [1.82, 2.24) is 14.9 Å². The normalized spacial score (nSPS) is 14.6. The van der Waals surface area contributed by atoms with Gasteiger partial charge >= 0.3 is 5.97 Å². The Hall–Kier alpha value is -2.22. The van der Waals surface area contributed by atoms with E-state index in [-0.39, 0.29) is 11.9 Å². The highest BCUT2D eigenvalue weighted by molar-refractivity contribution is 7.18. The quantitative estimate of drug-likeness (QED) is 0.534. The lowest BCUT2D eigenvalue weighted by molar-refractivity contribution is -0.141. The van der Waals surface area contributed by atoms with Crippen molar-refractivity contribution in [3.8, 4) is 0 Å². The van der Waals surface area contributed by atoms with Crippen molar-refractivity contribution in [2.75, 3.05) is 38.2 Å². The number of thiophene rings is 1. The van der Waals surface area contributed by atoms with Gasteiger partial charge in [-0.15, -0.1) is 11.3 Å². The van der Waals surface area contributed by atoms with Gasteiger partial charge in [-0.25, -0.2) is 9.97 Å². The fourth-order valence-electron chi connectivity index (χ4n) is 3.29. The number of anilines is 1. The van der Waals surface area contributed by atoms with E-state index in [1.54, 1.807) is 17.7 Å². The third-order valence-corrected chi connectivity index (χ3v) is 6.08. The lowest BCUT2D eigenvalue weighted by Crippen LogP contribution is -2.49. The van der Waals surface area contributed by atoms with E-state index >= 15 is 0 Å². The van der Waals surface area contributed by atoms with Crippen molar-refractivity contribution in [3.05, 3.63) is 17.3 Å². The molecule has 0 atom stereocenters. The number of esters is 1. The van der Waals surface area contributed by atoms with Gasteiger partial charge in [-0.2, -0.15) is 0 Å². The van der Waals surface area contributed by atoms with Crippen LogP contribution in [0.5, 0.6) is 0 Å². The van der Waals surface area contributed by atoms with Gasteiger partial charge < -0.3 is 14.5 Å². The fraction of sp³-hybridized carbons (Fsp3) is 0.579. The predicted molar refractivity (Wildman–Crippen MR) is 106 cm³/mol. The van der Waals surface area contributed by atoms with E-state index in [0.29, 0.717) is 32.4 Å². The molecule has 3 heterocycles. The van der Waals surface area contributed by atoms with E-state index < -0.39 is 0 Å². The average molecular weight is 391 g/mol. The Balaban J connectivity index is 1.52. The van der Waals surface area contributed by atoms with E-state index in [4.69, 9.17) is 0 Å². The lowest BCUT2D eigenvalue weighted by atomic mass is 10.1. The molecule has 1 saturated heterocycles. The number of carbonyl (C=O) groups excluding carboxylic acids is 2. The van der Waals surface area contributed by atoms with Crippen LogP contribution in [0.15, 0.2) is 12.4 Å². The van der Waals surface area contributed by atoms with Crippen molar-refractivity contribution in [3.63, 3.8) is 0 Å². The zero-order valence-electron chi connectivity index (χ0n) is 15.9. The maximum atomic E-state index is 12.4. The summed E-state index contributed by atoms with van der Waals surface area (Å²) >= 11 is 1.72. The number of nitrogens with zero attached hydrogens (tertiary/aromatic N) is 4. The van der Waals surface area contributed by atoms with E-state index in [0.717, 1.165) is 42.0 Å². The first-order valence-corrected chi connectivity index (χ1v) is 10.3. The molecule has 2 aromatic rings. The summed E-state index contributed by atoms with van der Waals surface area (Å²) in [5.74, 6) is 0.921. The summed E-state index contributed by atoms with van der Waals surface area (Å²) in [6.45, 7) is 5.10. The summed E-state index contributed by atoms with van der Waals surface area (Å²) in [7, 11) is 1.39. The summed E-state index contributed by atoms with van der Waals surface area (Å²) in [4.78, 5) is 38.9. The molecule has 27 heavy (non-hydrogen) atoms. The number of piperazine rings is 1. The van der Waals surface area contributed by atoms with Crippen LogP contribution in [0.4, 0.5) is 5.82 Å². The van der Waals surface area contributed by atoms with Crippen LogP contribution in [0.25, 0.3) is 10.2 Å². The number of fused-ring (bicyclic) bond motifs is 1. The van der Waals surface area contributed by atoms with Gasteiger partial charge in [0.05, 0.1) is 12.5 Å². The monoisotopic (exact) mass is 390 g/mol. The van der Waals surface area contributed by atoms with Crippen molar-refractivity contribution in [2.45, 2.75) is 39.0 Å². The number of unbranched alkanes of at least 4 members (excludes halogenated alkanes) is 1. The summed E-state index contributed by atoms with van der Waals surface area (Å²) in [6, 6.07) is 2.19. The van der Waals surface area contributed by atoms with Crippen LogP contribution in [0.1, 0.15) is 37.5 Å². The van der Waals surface area contributed by atoms with Gasteiger partial charge in [0.25, 0.3) is 0 Å². The van der Waals surface area contributed by atoms with Gasteiger partial charge in [0.1, 0.15) is 17.0 Å². The number of amides is 1. The van der Waals surface area contributed by atoms with Crippen LogP contribution in [0, 0.1) is 0 Å². The van der Waals surface area contributed by atoms with Crippen LogP contribution in [0.3, 0.4) is 0 Å². The number of ether oxygens (including phenoxy) is 1. The van der Waals surface area contributed by atoms with Gasteiger partial charge in [-0.05, 0) is 25.3 Å². The third-order valence-electron chi connectivity index (χ3n) is 4.89. The van der Waals surface area contributed by atoms with Crippen LogP contribution in [-0.2, 0) is 20.7 Å². The molecule has 146 valence electrons. The highest BCUT2D eigenvalue weighted by atomic mass is 32.1. The topological polar surface area (TPSA) is 75.6 Å². The Morgan fingerprint density at radius 3 is 2.59 bits per heavy atom. The zero-order chi connectivity index (χ0) is 19.2. The minimum atomic E-state index is -0.216. The molecule has 1 amide bonds. The molecule has 1 aliphatic rings. The van der Waals surface area contributed by atoms with Crippen LogP contribution in [0.2, 0.25) is 0 Å². The molecule has 0 unspecified atom stereocenters. The van der Waals surface area contributed by atoms with Crippen molar-refractivity contribution >= 4 is 39.2 Å². The number of methoxy groups -OCH3 is 1. The van der Waals surface area contributed by atoms with Gasteiger partial charge in [0, 0.05) is 43.9 Å². The summed E-state index contributed by atoms with van der Waals surface area (Å²) in [5.41, 5.74) is 0. The highest BCUT2D eigenvalue weighted by Crippen LogP contribution is 2.31. The molecule has 8 heteroatoms. The summed E-state index contributed by atoms with van der Waals surface area (Å²) in [6.07, 6.45) is 4.90. The molecule has 1 fully saturated rings. The van der Waals surface area contributed by atoms with Crippen LogP contribution in [-0.4, -0.2) is 60.0 Å². The smallest absolute Gasteiger partial charge is 0.305 e. The Bertz CT molecular complexity index is 799. The molecule has 0 aliphatic carbocycles. The second-order valence-electron chi connectivity index (χ2n) is 6.63. The van der Waals surface area contributed by atoms with E-state index in [1.165, 1.54) is 12.0 Å². The second kappa shape index (κ2) is 9.12. The van der Waals surface area contributed by atoms with Gasteiger partial charge in [0.15, 0.2) is 0 Å². The van der Waals surface area contributed by atoms with E-state index in [2.05, 4.69) is 32.6 Å². The number of aromatic nitrogens is 2. The molecule has 0 radical (unpaired) electrons. The second-order valence-corrected chi connectivity index (χ2v) is 7.75. The first-order valence-electron chi connectivity index (χ1n) is 9.45. The minimum absolute atomic E-state index is 0.163. The Morgan fingerprint density at radius 2 is 1.89 bits per heavy atom. The van der Waals surface area contributed by atoms with Gasteiger partial charge in [0.2, 0.25) is 5.91 Å². The number of hydrogen-bond acceptors (Lipinski definition) is 7. The first kappa shape index (κ1) is 19.5. The highest BCUT2D eigenvalue weighted by Gasteiger charge is 2.23. The molecular weight excluding hydrogens is 364 g/mol. The molecule has 0 N–H and O–H groups in total. The Kier molecular flexibility index (Phi) is 6.60. The molecule has 0 aromatic carbocycles. The SMILES string of the molecule is CCc1cc2c(N3CCN(C(=O)CCCCC(=O)OC)CC3)ncnc2s1. The molecule has 0 bridgehead atoms. The maximum absolute atomic E-state index is 12.4. The molecular formula is C19H26N4O3S. The van der Waals surface area contributed by atoms with Crippen LogP contribution < -0.4 is 4.90 Å². The molecule has 0 spiro atoms. The maximum Gasteiger partial charge on any atom is 0.305 e. The molecule has 0 saturated carbocycles. The largest absolute Gasteiger partial charge is 0.469 e. The number of aryl methyl sites for hydroxylation is 1.